The highest BCUT2D eigenvalue weighted by Crippen LogP contribution is 2.27. The summed E-state index contributed by atoms with van der Waals surface area (Å²) >= 11 is 11.9. The molecule has 0 radical (unpaired) electrons. The van der Waals surface area contributed by atoms with Gasteiger partial charge in [0.05, 0.1) is 9.92 Å². The summed E-state index contributed by atoms with van der Waals surface area (Å²) in [7, 11) is -3.86. The maximum absolute atomic E-state index is 12.3. The van der Waals surface area contributed by atoms with Crippen LogP contribution in [-0.4, -0.2) is 8.42 Å². The molecule has 0 N–H and O–H groups in total. The lowest BCUT2D eigenvalue weighted by Crippen LogP contribution is -2.04. The van der Waals surface area contributed by atoms with Crippen molar-refractivity contribution >= 4 is 44.0 Å². The average Bonchev–Trinajstić information content (AvgIpc) is 2.54. The van der Waals surface area contributed by atoms with Gasteiger partial charge in [-0.3, -0.25) is 0 Å². The second-order valence-corrected chi connectivity index (χ2v) is 7.82. The van der Waals surface area contributed by atoms with Crippen molar-refractivity contribution in [1.82, 2.24) is 0 Å². The van der Waals surface area contributed by atoms with E-state index in [1.807, 2.05) is 6.92 Å². The highest BCUT2D eigenvalue weighted by atomic mass is 35.5. The molecule has 0 unspecified atom stereocenters. The minimum atomic E-state index is -3.86. The molecule has 0 aliphatic rings. The Balaban J connectivity index is 2.10. The molecule has 0 saturated heterocycles. The van der Waals surface area contributed by atoms with Crippen LogP contribution in [0.4, 0.5) is 0 Å². The van der Waals surface area contributed by atoms with Crippen LogP contribution in [-0.2, 0) is 9.84 Å². The van der Waals surface area contributed by atoms with Crippen LogP contribution < -0.4 is 5.63 Å². The fourth-order valence-electron chi connectivity index (χ4n) is 2.14. The predicted molar refractivity (Wildman–Crippen MR) is 97.7 cm³/mol. The molecule has 25 heavy (non-hydrogen) atoms. The van der Waals surface area contributed by atoms with E-state index in [4.69, 9.17) is 27.6 Å². The highest BCUT2D eigenvalue weighted by Gasteiger charge is 2.12. The summed E-state index contributed by atoms with van der Waals surface area (Å²) in [5.74, 6) is 2.37. The van der Waals surface area contributed by atoms with E-state index in [0.29, 0.717) is 10.4 Å². The first-order valence-corrected chi connectivity index (χ1v) is 9.27. The van der Waals surface area contributed by atoms with Crippen molar-refractivity contribution in [3.05, 3.63) is 74.1 Å². The number of sulfone groups is 1. The summed E-state index contributed by atoms with van der Waals surface area (Å²) in [5, 5.41) is 3.14. The molecule has 0 amide bonds. The Morgan fingerprint density at radius 2 is 1.72 bits per heavy atom. The van der Waals surface area contributed by atoms with E-state index in [-0.39, 0.29) is 21.1 Å². The molecule has 0 aliphatic heterocycles. The Hall–Kier alpha value is -2.26. The van der Waals surface area contributed by atoms with Gasteiger partial charge >= 0.3 is 5.63 Å². The van der Waals surface area contributed by atoms with Crippen molar-refractivity contribution in [1.29, 1.82) is 0 Å². The van der Waals surface area contributed by atoms with Crippen molar-refractivity contribution < 1.29 is 12.8 Å². The first kappa shape index (κ1) is 17.6. The van der Waals surface area contributed by atoms with Gasteiger partial charge in [0, 0.05) is 15.7 Å². The minimum absolute atomic E-state index is 0.0573. The number of aryl methyl sites for hydroxylation is 1. The average molecular weight is 393 g/mol. The fourth-order valence-corrected chi connectivity index (χ4v) is 3.55. The van der Waals surface area contributed by atoms with Crippen molar-refractivity contribution in [3.8, 4) is 11.2 Å². The number of benzene rings is 2. The van der Waals surface area contributed by atoms with E-state index in [1.165, 1.54) is 24.3 Å². The van der Waals surface area contributed by atoms with Crippen LogP contribution in [0.25, 0.3) is 11.0 Å². The number of hydrogen-bond acceptors (Lipinski definition) is 4. The van der Waals surface area contributed by atoms with Gasteiger partial charge in [-0.05, 0) is 43.2 Å². The largest absolute Gasteiger partial charge is 0.420 e. The van der Waals surface area contributed by atoms with Gasteiger partial charge in [-0.1, -0.05) is 40.9 Å². The number of hydrogen-bond donors (Lipinski definition) is 0. The van der Waals surface area contributed by atoms with Gasteiger partial charge in [0.2, 0.25) is 9.84 Å². The number of fused-ring (bicyclic) bond motifs is 1. The second-order valence-electron chi connectivity index (χ2n) is 5.30. The molecule has 3 aromatic rings. The molecule has 0 bridgehead atoms. The lowest BCUT2D eigenvalue weighted by molar-refractivity contribution is 0.559. The van der Waals surface area contributed by atoms with Crippen LogP contribution >= 0.6 is 23.2 Å². The third-order valence-corrected chi connectivity index (χ3v) is 5.17. The molecule has 1 heterocycles. The molecule has 0 atom stereocenters. The van der Waals surface area contributed by atoms with E-state index in [2.05, 4.69) is 11.2 Å². The van der Waals surface area contributed by atoms with Gasteiger partial charge < -0.3 is 4.42 Å². The lowest BCUT2D eigenvalue weighted by Gasteiger charge is -2.01. The molecule has 1 aromatic heterocycles. The van der Waals surface area contributed by atoms with Crippen molar-refractivity contribution in [2.45, 2.75) is 11.8 Å². The quantitative estimate of drug-likeness (QED) is 0.459. The van der Waals surface area contributed by atoms with Crippen molar-refractivity contribution in [2.24, 2.45) is 0 Å². The van der Waals surface area contributed by atoms with Crippen molar-refractivity contribution in [3.63, 3.8) is 0 Å². The van der Waals surface area contributed by atoms with Gasteiger partial charge in [0.15, 0.2) is 5.58 Å². The smallest absolute Gasteiger partial charge is 0.352 e. The fraction of sp³-hybridized carbons (Fsp3) is 0.0556. The first-order valence-electron chi connectivity index (χ1n) is 7.04. The van der Waals surface area contributed by atoms with Gasteiger partial charge in [0.1, 0.15) is 5.56 Å². The molecule has 0 spiro atoms. The van der Waals surface area contributed by atoms with Gasteiger partial charge in [0.25, 0.3) is 0 Å². The zero-order chi connectivity index (χ0) is 18.2. The van der Waals surface area contributed by atoms with Crippen LogP contribution in [0.5, 0.6) is 0 Å². The van der Waals surface area contributed by atoms with Gasteiger partial charge in [-0.15, -0.1) is 0 Å². The van der Waals surface area contributed by atoms with Crippen LogP contribution in [0.2, 0.25) is 10.0 Å². The van der Waals surface area contributed by atoms with E-state index < -0.39 is 15.5 Å². The summed E-state index contributed by atoms with van der Waals surface area (Å²) in [5.41, 5.74) is 0.226. The maximum atomic E-state index is 12.3. The highest BCUT2D eigenvalue weighted by molar-refractivity contribution is 7.96. The van der Waals surface area contributed by atoms with Crippen LogP contribution in [0, 0.1) is 18.1 Å². The number of rotatable bonds is 1. The Bertz CT molecular complexity index is 1200. The second kappa shape index (κ2) is 6.57. The molecule has 126 valence electrons. The monoisotopic (exact) mass is 392 g/mol. The molecule has 0 saturated carbocycles. The zero-order valence-electron chi connectivity index (χ0n) is 12.8. The number of halogens is 2. The molecule has 7 heteroatoms. The van der Waals surface area contributed by atoms with E-state index in [9.17, 15) is 13.2 Å². The normalized spacial score (nSPS) is 11.2. The Morgan fingerprint density at radius 3 is 2.40 bits per heavy atom. The summed E-state index contributed by atoms with van der Waals surface area (Å²) in [4.78, 5) is 12.1. The van der Waals surface area contributed by atoms with Gasteiger partial charge in [-0.2, -0.15) is 0 Å². The van der Waals surface area contributed by atoms with Crippen LogP contribution in [0.15, 0.2) is 56.6 Å². The molecule has 2 aromatic carbocycles. The lowest BCUT2D eigenvalue weighted by atomic mass is 10.2. The van der Waals surface area contributed by atoms with Crippen molar-refractivity contribution in [2.75, 3.05) is 0 Å². The summed E-state index contributed by atoms with van der Waals surface area (Å²) in [6.45, 7) is 1.85. The Kier molecular flexibility index (Phi) is 4.61. The first-order chi connectivity index (χ1) is 11.8. The summed E-state index contributed by atoms with van der Waals surface area (Å²) in [6.07, 6.45) is 0. The Morgan fingerprint density at radius 1 is 1.04 bits per heavy atom. The molecule has 3 rings (SSSR count). The van der Waals surface area contributed by atoms with E-state index in [1.54, 1.807) is 18.2 Å². The third kappa shape index (κ3) is 3.72. The standard InChI is InChI=1S/C18H10Cl2O4S/c1-11-2-4-15(5-3-11)25(22,23)7-6-12-8-13-9-14(19)10-16(20)17(13)24-18(12)21/h2-5,8-10H,1H3. The molecule has 0 aliphatic carbocycles. The zero-order valence-corrected chi connectivity index (χ0v) is 15.2. The predicted octanol–water partition coefficient (Wildman–Crippen LogP) is 4.19. The summed E-state index contributed by atoms with van der Waals surface area (Å²) in [6, 6.07) is 10.7. The van der Waals surface area contributed by atoms with E-state index >= 15 is 0 Å². The topological polar surface area (TPSA) is 64.3 Å². The molecular weight excluding hydrogens is 383 g/mol. The van der Waals surface area contributed by atoms with Crippen LogP contribution in [0.1, 0.15) is 11.1 Å². The molecule has 0 fully saturated rings. The SMILES string of the molecule is Cc1ccc(S(=O)(=O)C#Cc2cc3cc(Cl)cc(Cl)c3oc2=O)cc1. The van der Waals surface area contributed by atoms with Gasteiger partial charge in [-0.25, -0.2) is 13.2 Å². The third-order valence-electron chi connectivity index (χ3n) is 3.40. The van der Waals surface area contributed by atoms with E-state index in [0.717, 1.165) is 5.56 Å². The summed E-state index contributed by atoms with van der Waals surface area (Å²) < 4.78 is 29.6. The maximum Gasteiger partial charge on any atom is 0.352 e. The van der Waals surface area contributed by atoms with Crippen LogP contribution in [0.3, 0.4) is 0 Å². The molecule has 4 nitrogen and oxygen atoms in total. The molecular formula is C18H10Cl2O4S. The Labute approximate surface area is 153 Å². The minimum Gasteiger partial charge on any atom is -0.420 e.